The Morgan fingerprint density at radius 1 is 0.958 bits per heavy atom. The van der Waals surface area contributed by atoms with E-state index < -0.39 is 0 Å². The molecule has 0 unspecified atom stereocenters. The van der Waals surface area contributed by atoms with Gasteiger partial charge in [-0.2, -0.15) is 0 Å². The van der Waals surface area contributed by atoms with Crippen LogP contribution in [0.4, 0.5) is 10.8 Å². The average molecular weight is 359 g/mol. The summed E-state index contributed by atoms with van der Waals surface area (Å²) in [7, 11) is 3.33. The van der Waals surface area contributed by atoms with Gasteiger partial charge in [0.2, 0.25) is 5.13 Å². The first kappa shape index (κ1) is 16.6. The maximum absolute atomic E-state index is 5.37. The Balaban J connectivity index is 1.65. The fraction of sp³-hybridized carbons (Fsp3) is 0.176. The van der Waals surface area contributed by atoms with Crippen molar-refractivity contribution in [3.05, 3.63) is 54.1 Å². The highest BCUT2D eigenvalue weighted by molar-refractivity contribution is 8.00. The first-order valence-electron chi connectivity index (χ1n) is 7.28. The summed E-state index contributed by atoms with van der Waals surface area (Å²) < 4.78 is 11.6. The van der Waals surface area contributed by atoms with Crippen LogP contribution in [0.2, 0.25) is 0 Å². The van der Waals surface area contributed by atoms with Crippen molar-refractivity contribution in [2.24, 2.45) is 0 Å². The van der Waals surface area contributed by atoms with Gasteiger partial charge in [0, 0.05) is 11.3 Å². The minimum Gasteiger partial charge on any atom is -0.496 e. The number of anilines is 2. The second-order valence-corrected chi connectivity index (χ2v) is 7.00. The van der Waals surface area contributed by atoms with Crippen LogP contribution in [0.1, 0.15) is 5.56 Å². The molecule has 2 aromatic carbocycles. The predicted molar refractivity (Wildman–Crippen MR) is 98.7 cm³/mol. The van der Waals surface area contributed by atoms with Crippen molar-refractivity contribution in [2.75, 3.05) is 19.5 Å². The Labute approximate surface area is 149 Å². The summed E-state index contributed by atoms with van der Waals surface area (Å²) in [5.74, 6) is 2.45. The summed E-state index contributed by atoms with van der Waals surface area (Å²) in [6, 6.07) is 15.7. The van der Waals surface area contributed by atoms with E-state index in [1.54, 1.807) is 26.0 Å². The van der Waals surface area contributed by atoms with Gasteiger partial charge in [0.25, 0.3) is 0 Å². The first-order valence-corrected chi connectivity index (χ1v) is 9.08. The number of nitrogens with zero attached hydrogens (tertiary/aromatic N) is 2. The van der Waals surface area contributed by atoms with Gasteiger partial charge >= 0.3 is 0 Å². The van der Waals surface area contributed by atoms with E-state index in [0.717, 1.165) is 38.0 Å². The Kier molecular flexibility index (Phi) is 5.55. The van der Waals surface area contributed by atoms with E-state index in [2.05, 4.69) is 21.6 Å². The van der Waals surface area contributed by atoms with Crippen molar-refractivity contribution in [1.29, 1.82) is 0 Å². The number of benzene rings is 2. The van der Waals surface area contributed by atoms with Crippen LogP contribution in [0.25, 0.3) is 0 Å². The molecule has 0 aliphatic carbocycles. The number of ether oxygens (including phenoxy) is 2. The van der Waals surface area contributed by atoms with Crippen LogP contribution in [0, 0.1) is 0 Å². The van der Waals surface area contributed by atoms with Crippen molar-refractivity contribution >= 4 is 33.9 Å². The summed E-state index contributed by atoms with van der Waals surface area (Å²) in [6.07, 6.45) is 0. The molecule has 1 heterocycles. The molecule has 0 aliphatic rings. The zero-order valence-electron chi connectivity index (χ0n) is 13.4. The second kappa shape index (κ2) is 8.03. The fourth-order valence-corrected chi connectivity index (χ4v) is 3.90. The van der Waals surface area contributed by atoms with Crippen LogP contribution < -0.4 is 14.8 Å². The van der Waals surface area contributed by atoms with E-state index in [1.165, 1.54) is 11.3 Å². The molecule has 0 bridgehead atoms. The summed E-state index contributed by atoms with van der Waals surface area (Å²) in [4.78, 5) is 0. The van der Waals surface area contributed by atoms with E-state index >= 15 is 0 Å². The number of hydrogen-bond donors (Lipinski definition) is 1. The molecule has 0 fully saturated rings. The molecule has 0 saturated carbocycles. The molecule has 0 amide bonds. The Hall–Kier alpha value is -2.25. The van der Waals surface area contributed by atoms with E-state index in [4.69, 9.17) is 9.47 Å². The highest BCUT2D eigenvalue weighted by Gasteiger charge is 2.09. The molecule has 7 heteroatoms. The highest BCUT2D eigenvalue weighted by atomic mass is 32.2. The molecule has 3 aromatic rings. The minimum absolute atomic E-state index is 0.738. The lowest BCUT2D eigenvalue weighted by Crippen LogP contribution is -1.93. The van der Waals surface area contributed by atoms with E-state index in [0.29, 0.717) is 0 Å². The minimum atomic E-state index is 0.738. The molecule has 1 N–H and O–H groups in total. The zero-order chi connectivity index (χ0) is 16.8. The Morgan fingerprint density at radius 3 is 2.46 bits per heavy atom. The van der Waals surface area contributed by atoms with Gasteiger partial charge in [0.1, 0.15) is 11.5 Å². The Morgan fingerprint density at radius 2 is 1.67 bits per heavy atom. The summed E-state index contributed by atoms with van der Waals surface area (Å²) in [5, 5.41) is 12.4. The van der Waals surface area contributed by atoms with Crippen molar-refractivity contribution in [3.8, 4) is 11.5 Å². The molecule has 0 aliphatic heterocycles. The van der Waals surface area contributed by atoms with Gasteiger partial charge in [-0.05, 0) is 18.2 Å². The van der Waals surface area contributed by atoms with Gasteiger partial charge < -0.3 is 14.8 Å². The molecular formula is C17H17N3O2S2. The SMILES string of the molecule is COc1ccccc1CSc1nnc(Nc2ccccc2OC)s1. The smallest absolute Gasteiger partial charge is 0.210 e. The van der Waals surface area contributed by atoms with Crippen LogP contribution >= 0.6 is 23.1 Å². The summed E-state index contributed by atoms with van der Waals surface area (Å²) in [5.41, 5.74) is 2.01. The standard InChI is InChI=1S/C17H17N3O2S2/c1-21-14-9-5-3-7-12(14)11-23-17-20-19-16(24-17)18-13-8-4-6-10-15(13)22-2/h3-10H,11H2,1-2H3,(H,18,19). The number of nitrogens with one attached hydrogen (secondary N) is 1. The van der Waals surface area contributed by atoms with Crippen molar-refractivity contribution in [1.82, 2.24) is 10.2 Å². The molecule has 0 saturated heterocycles. The monoisotopic (exact) mass is 359 g/mol. The largest absolute Gasteiger partial charge is 0.496 e. The maximum atomic E-state index is 5.37. The number of aromatic nitrogens is 2. The number of thioether (sulfide) groups is 1. The molecule has 24 heavy (non-hydrogen) atoms. The third-order valence-corrected chi connectivity index (χ3v) is 5.32. The average Bonchev–Trinajstić information content (AvgIpc) is 3.08. The van der Waals surface area contributed by atoms with Gasteiger partial charge in [0.05, 0.1) is 19.9 Å². The van der Waals surface area contributed by atoms with E-state index in [-0.39, 0.29) is 0 Å². The molecule has 5 nitrogen and oxygen atoms in total. The van der Waals surface area contributed by atoms with Crippen LogP contribution in [-0.4, -0.2) is 24.4 Å². The van der Waals surface area contributed by atoms with E-state index in [9.17, 15) is 0 Å². The van der Waals surface area contributed by atoms with Crippen LogP contribution in [0.15, 0.2) is 52.9 Å². The predicted octanol–water partition coefficient (Wildman–Crippen LogP) is 4.59. The quantitative estimate of drug-likeness (QED) is 0.623. The van der Waals surface area contributed by atoms with Crippen molar-refractivity contribution in [2.45, 2.75) is 10.1 Å². The number of rotatable bonds is 7. The topological polar surface area (TPSA) is 56.3 Å². The van der Waals surface area contributed by atoms with Crippen molar-refractivity contribution < 1.29 is 9.47 Å². The lowest BCUT2D eigenvalue weighted by Gasteiger charge is -2.07. The van der Waals surface area contributed by atoms with Gasteiger partial charge in [-0.25, -0.2) is 0 Å². The molecule has 0 spiro atoms. The van der Waals surface area contributed by atoms with Gasteiger partial charge in [-0.3, -0.25) is 0 Å². The molecular weight excluding hydrogens is 342 g/mol. The lowest BCUT2D eigenvalue weighted by molar-refractivity contribution is 0.411. The normalized spacial score (nSPS) is 10.4. The van der Waals surface area contributed by atoms with Crippen LogP contribution in [0.3, 0.4) is 0 Å². The third kappa shape index (κ3) is 3.98. The first-order chi connectivity index (χ1) is 11.8. The van der Waals surface area contributed by atoms with Gasteiger partial charge in [0.15, 0.2) is 4.34 Å². The molecule has 1 aromatic heterocycles. The maximum Gasteiger partial charge on any atom is 0.210 e. The van der Waals surface area contributed by atoms with Crippen LogP contribution in [-0.2, 0) is 5.75 Å². The molecule has 3 rings (SSSR count). The number of methoxy groups -OCH3 is 2. The Bertz CT molecular complexity index is 808. The van der Waals surface area contributed by atoms with Crippen molar-refractivity contribution in [3.63, 3.8) is 0 Å². The van der Waals surface area contributed by atoms with Gasteiger partial charge in [-0.15, -0.1) is 10.2 Å². The molecule has 124 valence electrons. The summed E-state index contributed by atoms with van der Waals surface area (Å²) in [6.45, 7) is 0. The summed E-state index contributed by atoms with van der Waals surface area (Å²) >= 11 is 3.15. The third-order valence-electron chi connectivity index (χ3n) is 3.30. The fourth-order valence-electron chi connectivity index (χ4n) is 2.14. The van der Waals surface area contributed by atoms with E-state index in [1.807, 2.05) is 42.5 Å². The van der Waals surface area contributed by atoms with Gasteiger partial charge in [-0.1, -0.05) is 53.4 Å². The second-order valence-electron chi connectivity index (χ2n) is 4.80. The zero-order valence-corrected chi connectivity index (χ0v) is 15.0. The molecule has 0 radical (unpaired) electrons. The lowest BCUT2D eigenvalue weighted by atomic mass is 10.2. The number of para-hydroxylation sites is 3. The van der Waals surface area contributed by atoms with Crippen LogP contribution in [0.5, 0.6) is 11.5 Å². The molecule has 0 atom stereocenters. The number of hydrogen-bond acceptors (Lipinski definition) is 7. The highest BCUT2D eigenvalue weighted by Crippen LogP contribution is 2.33.